The predicted octanol–water partition coefficient (Wildman–Crippen LogP) is 2.18. The molecule has 0 fully saturated rings. The van der Waals surface area contributed by atoms with E-state index in [4.69, 9.17) is 4.74 Å². The summed E-state index contributed by atoms with van der Waals surface area (Å²) in [6.07, 6.45) is 0. The zero-order valence-corrected chi connectivity index (χ0v) is 13.0. The average Bonchev–Trinajstić information content (AvgIpc) is 2.45. The topological polar surface area (TPSA) is 41.6 Å². The second kappa shape index (κ2) is 8.72. The van der Waals surface area contributed by atoms with Crippen LogP contribution in [0, 0.1) is 0 Å². The molecule has 1 N–H and O–H groups in total. The Hall–Kier alpha value is -1.39. The number of amides is 1. The normalized spacial score (nSPS) is 10.8. The Morgan fingerprint density at radius 3 is 2.55 bits per heavy atom. The van der Waals surface area contributed by atoms with Crippen molar-refractivity contribution in [2.45, 2.75) is 40.0 Å². The van der Waals surface area contributed by atoms with Gasteiger partial charge in [-0.15, -0.1) is 0 Å². The Morgan fingerprint density at radius 1 is 1.30 bits per heavy atom. The fourth-order valence-electron chi connectivity index (χ4n) is 1.80. The maximum atomic E-state index is 11.9. The van der Waals surface area contributed by atoms with Crippen LogP contribution in [-0.4, -0.2) is 37.0 Å². The van der Waals surface area contributed by atoms with Crippen molar-refractivity contribution in [2.75, 3.05) is 20.2 Å². The molecule has 4 heteroatoms. The van der Waals surface area contributed by atoms with Crippen LogP contribution < -0.4 is 5.32 Å². The van der Waals surface area contributed by atoms with E-state index >= 15 is 0 Å². The van der Waals surface area contributed by atoms with Crippen molar-refractivity contribution in [3.05, 3.63) is 35.4 Å². The Morgan fingerprint density at radius 2 is 1.95 bits per heavy atom. The zero-order chi connectivity index (χ0) is 15.0. The molecule has 0 aliphatic carbocycles. The van der Waals surface area contributed by atoms with Crippen molar-refractivity contribution in [3.63, 3.8) is 0 Å². The molecule has 112 valence electrons. The summed E-state index contributed by atoms with van der Waals surface area (Å²) in [4.78, 5) is 13.6. The maximum Gasteiger partial charge on any atom is 0.236 e. The first-order valence-corrected chi connectivity index (χ1v) is 7.17. The summed E-state index contributed by atoms with van der Waals surface area (Å²) in [5.41, 5.74) is 2.35. The van der Waals surface area contributed by atoms with Gasteiger partial charge in [0.15, 0.2) is 0 Å². The van der Waals surface area contributed by atoms with Gasteiger partial charge in [0.05, 0.1) is 13.2 Å². The van der Waals surface area contributed by atoms with E-state index in [1.807, 2.05) is 40.0 Å². The van der Waals surface area contributed by atoms with Gasteiger partial charge in [-0.05, 0) is 31.9 Å². The molecule has 0 radical (unpaired) electrons. The lowest BCUT2D eigenvalue weighted by atomic mass is 10.1. The number of ether oxygens (including phenoxy) is 1. The van der Waals surface area contributed by atoms with Crippen molar-refractivity contribution in [1.29, 1.82) is 0 Å². The lowest BCUT2D eigenvalue weighted by Gasteiger charge is -2.21. The van der Waals surface area contributed by atoms with Crippen LogP contribution in [0.4, 0.5) is 0 Å². The number of benzene rings is 1. The van der Waals surface area contributed by atoms with Gasteiger partial charge in [0.25, 0.3) is 0 Å². The number of likely N-dealkylation sites (N-methyl/N-ethyl adjacent to an activating group) is 1. The van der Waals surface area contributed by atoms with Gasteiger partial charge in [0.1, 0.15) is 0 Å². The number of rotatable bonds is 8. The molecule has 1 rings (SSSR count). The second-order valence-corrected chi connectivity index (χ2v) is 5.11. The van der Waals surface area contributed by atoms with Gasteiger partial charge in [0.2, 0.25) is 5.91 Å². The van der Waals surface area contributed by atoms with Crippen LogP contribution in [-0.2, 0) is 22.7 Å². The minimum absolute atomic E-state index is 0.113. The molecular weight excluding hydrogens is 252 g/mol. The van der Waals surface area contributed by atoms with Crippen molar-refractivity contribution in [1.82, 2.24) is 10.2 Å². The third-order valence-electron chi connectivity index (χ3n) is 3.34. The Kier molecular flexibility index (Phi) is 7.26. The summed E-state index contributed by atoms with van der Waals surface area (Å²) in [6, 6.07) is 8.38. The fraction of sp³-hybridized carbons (Fsp3) is 0.562. The number of carbonyl (C=O) groups is 1. The monoisotopic (exact) mass is 278 g/mol. The third kappa shape index (κ3) is 5.31. The smallest absolute Gasteiger partial charge is 0.236 e. The van der Waals surface area contributed by atoms with E-state index in [1.165, 1.54) is 11.1 Å². The van der Waals surface area contributed by atoms with Gasteiger partial charge in [-0.25, -0.2) is 0 Å². The minimum atomic E-state index is 0.113. The highest BCUT2D eigenvalue weighted by molar-refractivity contribution is 5.78. The molecule has 20 heavy (non-hydrogen) atoms. The van der Waals surface area contributed by atoms with E-state index in [1.54, 1.807) is 4.90 Å². The number of hydrogen-bond donors (Lipinski definition) is 1. The molecule has 0 heterocycles. The summed E-state index contributed by atoms with van der Waals surface area (Å²) in [5.74, 6) is 0.113. The molecule has 0 aliphatic rings. The minimum Gasteiger partial charge on any atom is -0.377 e. The molecule has 4 nitrogen and oxygen atoms in total. The number of carbonyl (C=O) groups excluding carboxylic acids is 1. The van der Waals surface area contributed by atoms with Crippen LogP contribution in [0.5, 0.6) is 0 Å². The molecular formula is C16H26N2O2. The summed E-state index contributed by atoms with van der Waals surface area (Å²) in [5, 5.41) is 3.21. The highest BCUT2D eigenvalue weighted by Crippen LogP contribution is 2.09. The summed E-state index contributed by atoms with van der Waals surface area (Å²) >= 11 is 0. The van der Waals surface area contributed by atoms with Gasteiger partial charge in [-0.1, -0.05) is 24.3 Å². The summed E-state index contributed by atoms with van der Waals surface area (Å²) in [6.45, 7) is 8.37. The lowest BCUT2D eigenvalue weighted by molar-refractivity contribution is -0.130. The number of hydrogen-bond acceptors (Lipinski definition) is 3. The van der Waals surface area contributed by atoms with Crippen LogP contribution in [0.15, 0.2) is 24.3 Å². The average molecular weight is 278 g/mol. The van der Waals surface area contributed by atoms with Crippen LogP contribution >= 0.6 is 0 Å². The van der Waals surface area contributed by atoms with Gasteiger partial charge in [-0.2, -0.15) is 0 Å². The molecule has 0 aliphatic heterocycles. The molecule has 0 unspecified atom stereocenters. The molecule has 0 aromatic heterocycles. The van der Waals surface area contributed by atoms with Crippen LogP contribution in [0.2, 0.25) is 0 Å². The number of nitrogens with zero attached hydrogens (tertiary/aromatic N) is 1. The summed E-state index contributed by atoms with van der Waals surface area (Å²) in [7, 11) is 1.83. The molecule has 0 bridgehead atoms. The molecule has 0 saturated carbocycles. The van der Waals surface area contributed by atoms with Gasteiger partial charge in [-0.3, -0.25) is 4.79 Å². The highest BCUT2D eigenvalue weighted by Gasteiger charge is 2.11. The first kappa shape index (κ1) is 16.7. The molecule has 1 amide bonds. The van der Waals surface area contributed by atoms with Gasteiger partial charge < -0.3 is 15.0 Å². The van der Waals surface area contributed by atoms with E-state index < -0.39 is 0 Å². The Labute approximate surface area is 122 Å². The van der Waals surface area contributed by atoms with E-state index in [2.05, 4.69) is 17.4 Å². The lowest BCUT2D eigenvalue weighted by Crippen LogP contribution is -2.39. The molecule has 0 saturated heterocycles. The van der Waals surface area contributed by atoms with Gasteiger partial charge in [0, 0.05) is 26.2 Å². The first-order chi connectivity index (χ1) is 9.56. The highest BCUT2D eigenvalue weighted by atomic mass is 16.5. The van der Waals surface area contributed by atoms with Crippen molar-refractivity contribution in [2.24, 2.45) is 0 Å². The second-order valence-electron chi connectivity index (χ2n) is 5.11. The van der Waals surface area contributed by atoms with Crippen LogP contribution in [0.1, 0.15) is 31.9 Å². The predicted molar refractivity (Wildman–Crippen MR) is 81.4 cm³/mol. The number of nitrogens with one attached hydrogen (secondary N) is 1. The standard InChI is InChI=1S/C16H26N2O2/c1-5-20-12-15-9-7-6-8-14(15)10-17-11-16(19)18(4)13(2)3/h6-9,13,17H,5,10-12H2,1-4H3. The maximum absolute atomic E-state index is 11.9. The Bertz CT molecular complexity index is 419. The van der Waals surface area contributed by atoms with Crippen molar-refractivity contribution >= 4 is 5.91 Å². The van der Waals surface area contributed by atoms with E-state index in [-0.39, 0.29) is 11.9 Å². The molecule has 1 aromatic carbocycles. The first-order valence-electron chi connectivity index (χ1n) is 7.17. The van der Waals surface area contributed by atoms with E-state index in [0.29, 0.717) is 26.3 Å². The van der Waals surface area contributed by atoms with E-state index in [0.717, 1.165) is 0 Å². The molecule has 0 atom stereocenters. The zero-order valence-electron chi connectivity index (χ0n) is 13.0. The van der Waals surface area contributed by atoms with E-state index in [9.17, 15) is 4.79 Å². The third-order valence-corrected chi connectivity index (χ3v) is 3.34. The van der Waals surface area contributed by atoms with Gasteiger partial charge >= 0.3 is 0 Å². The van der Waals surface area contributed by atoms with Crippen LogP contribution in [0.3, 0.4) is 0 Å². The molecule has 0 spiro atoms. The van der Waals surface area contributed by atoms with Crippen molar-refractivity contribution < 1.29 is 9.53 Å². The Balaban J connectivity index is 2.47. The van der Waals surface area contributed by atoms with Crippen molar-refractivity contribution in [3.8, 4) is 0 Å². The quantitative estimate of drug-likeness (QED) is 0.792. The SMILES string of the molecule is CCOCc1ccccc1CNCC(=O)N(C)C(C)C. The van der Waals surface area contributed by atoms with Crippen LogP contribution in [0.25, 0.3) is 0 Å². The molecule has 1 aromatic rings. The largest absolute Gasteiger partial charge is 0.377 e. The summed E-state index contributed by atoms with van der Waals surface area (Å²) < 4.78 is 5.45. The fourth-order valence-corrected chi connectivity index (χ4v) is 1.80.